The summed E-state index contributed by atoms with van der Waals surface area (Å²) >= 11 is 0. The van der Waals surface area contributed by atoms with Crippen LogP contribution in [0.25, 0.3) is 11.2 Å². The average Bonchev–Trinajstić information content (AvgIpc) is 3.88. The Kier molecular flexibility index (Phi) is 12.3. The van der Waals surface area contributed by atoms with Crippen molar-refractivity contribution < 1.29 is 38.3 Å². The van der Waals surface area contributed by atoms with Crippen molar-refractivity contribution in [2.45, 2.75) is 69.5 Å². The lowest BCUT2D eigenvalue weighted by Crippen LogP contribution is -2.54. The van der Waals surface area contributed by atoms with E-state index in [9.17, 15) is 33.6 Å². The number of nitrogens with zero attached hydrogens (tertiary/aromatic N) is 8. The van der Waals surface area contributed by atoms with E-state index in [1.807, 2.05) is 47.4 Å². The zero-order chi connectivity index (χ0) is 46.9. The predicted molar refractivity (Wildman–Crippen MR) is 247 cm³/mol. The standard InChI is InChI=1S/C49H51N11O8/c61-39-14-13-37(47(65)55-39)60-48(66)36-7-4-8-38(43(36)49(60)67)68-27-42(64)57-17-15-31(16-18-57)24-41(63)58-21-19-56(20-22-58)34-11-9-32(10-12-34)54-45-44-46(51-28-50-45)59(29-52-44)35-25-33(26-35)53-40(62)23-30-5-2-1-3-6-30/h1-12,28-29,31,33,35,37H,13-27H2,(H,53,62)(H,50,51,54)(H,55,61,65). The minimum atomic E-state index is -1.11. The van der Waals surface area contributed by atoms with Crippen molar-refractivity contribution in [3.63, 3.8) is 0 Å². The van der Waals surface area contributed by atoms with Crippen LogP contribution in [0.4, 0.5) is 17.2 Å². The summed E-state index contributed by atoms with van der Waals surface area (Å²) in [6, 6.07) is 21.6. The number of hydrogen-bond donors (Lipinski definition) is 3. The molecule has 0 spiro atoms. The minimum absolute atomic E-state index is 0.00646. The summed E-state index contributed by atoms with van der Waals surface area (Å²) in [5.74, 6) is -1.81. The Morgan fingerprint density at radius 1 is 0.765 bits per heavy atom. The third kappa shape index (κ3) is 9.07. The number of amides is 7. The predicted octanol–water partition coefficient (Wildman–Crippen LogP) is 3.39. The summed E-state index contributed by atoms with van der Waals surface area (Å²) in [4.78, 5) is 110. The summed E-state index contributed by atoms with van der Waals surface area (Å²) in [5, 5.41) is 8.74. The number of piperidine rings is 2. The number of nitrogens with one attached hydrogen (secondary N) is 3. The van der Waals surface area contributed by atoms with Gasteiger partial charge in [-0.2, -0.15) is 0 Å². The summed E-state index contributed by atoms with van der Waals surface area (Å²) in [7, 11) is 0. The van der Waals surface area contributed by atoms with Crippen LogP contribution in [0.5, 0.6) is 5.75 Å². The average molecular weight is 922 g/mol. The number of anilines is 3. The smallest absolute Gasteiger partial charge is 0.266 e. The Bertz CT molecular complexity index is 2780. The third-order valence-corrected chi connectivity index (χ3v) is 13.8. The number of carbonyl (C=O) groups excluding carboxylic acids is 7. The van der Waals surface area contributed by atoms with E-state index in [0.717, 1.165) is 40.3 Å². The highest BCUT2D eigenvalue weighted by molar-refractivity contribution is 6.24. The van der Waals surface area contributed by atoms with Crippen LogP contribution in [0.2, 0.25) is 0 Å². The van der Waals surface area contributed by atoms with Crippen LogP contribution in [0.1, 0.15) is 77.3 Å². The number of hydrogen-bond acceptors (Lipinski definition) is 13. The molecule has 19 heteroatoms. The monoisotopic (exact) mass is 921 g/mol. The molecule has 0 radical (unpaired) electrons. The number of ether oxygens (including phenoxy) is 1. The lowest BCUT2D eigenvalue weighted by molar-refractivity contribution is -0.137. The van der Waals surface area contributed by atoms with Crippen molar-refractivity contribution in [3.8, 4) is 5.75 Å². The van der Waals surface area contributed by atoms with Gasteiger partial charge in [0, 0.05) is 75.6 Å². The Hall–Kier alpha value is -7.70. The van der Waals surface area contributed by atoms with Crippen LogP contribution < -0.4 is 25.6 Å². The van der Waals surface area contributed by atoms with E-state index >= 15 is 0 Å². The molecular formula is C49H51N11O8. The summed E-state index contributed by atoms with van der Waals surface area (Å²) in [5.41, 5.74) is 4.39. The van der Waals surface area contributed by atoms with Gasteiger partial charge in [0.2, 0.25) is 23.6 Å². The van der Waals surface area contributed by atoms with Crippen molar-refractivity contribution in [1.29, 1.82) is 0 Å². The fraction of sp³-hybridized carbons (Fsp3) is 0.388. The second kappa shape index (κ2) is 18.9. The molecule has 3 aromatic carbocycles. The fourth-order valence-corrected chi connectivity index (χ4v) is 9.91. The van der Waals surface area contributed by atoms with Gasteiger partial charge in [0.25, 0.3) is 17.7 Å². The van der Waals surface area contributed by atoms with Gasteiger partial charge in [-0.15, -0.1) is 0 Å². The first-order valence-corrected chi connectivity index (χ1v) is 23.2. The molecule has 3 N–H and O–H groups in total. The van der Waals surface area contributed by atoms with Crippen molar-refractivity contribution in [2.24, 2.45) is 5.92 Å². The van der Waals surface area contributed by atoms with E-state index < -0.39 is 29.7 Å². The molecule has 4 fully saturated rings. The van der Waals surface area contributed by atoms with Gasteiger partial charge < -0.3 is 34.6 Å². The van der Waals surface area contributed by atoms with Crippen LogP contribution in [0.3, 0.4) is 0 Å². The first kappa shape index (κ1) is 44.2. The highest BCUT2D eigenvalue weighted by Gasteiger charge is 2.46. The maximum Gasteiger partial charge on any atom is 0.266 e. The molecule has 7 amide bonds. The molecular weight excluding hydrogens is 871 g/mol. The Morgan fingerprint density at radius 3 is 2.26 bits per heavy atom. The molecule has 4 aliphatic heterocycles. The van der Waals surface area contributed by atoms with Gasteiger partial charge in [0.15, 0.2) is 23.6 Å². The van der Waals surface area contributed by atoms with E-state index in [0.29, 0.717) is 76.3 Å². The normalized spacial score (nSPS) is 20.8. The second-order valence-electron chi connectivity index (χ2n) is 18.1. The lowest BCUT2D eigenvalue weighted by Gasteiger charge is -2.37. The Morgan fingerprint density at radius 2 is 1.51 bits per heavy atom. The topological polar surface area (TPSA) is 221 Å². The molecule has 2 aromatic heterocycles. The molecule has 1 atom stereocenters. The fourth-order valence-electron chi connectivity index (χ4n) is 9.91. The number of benzene rings is 3. The minimum Gasteiger partial charge on any atom is -0.483 e. The van der Waals surface area contributed by atoms with Gasteiger partial charge in [0.1, 0.15) is 18.1 Å². The van der Waals surface area contributed by atoms with E-state index in [1.165, 1.54) is 18.5 Å². The van der Waals surface area contributed by atoms with Gasteiger partial charge in [-0.25, -0.2) is 15.0 Å². The molecule has 68 heavy (non-hydrogen) atoms. The van der Waals surface area contributed by atoms with Gasteiger partial charge in [-0.05, 0) is 80.0 Å². The number of likely N-dealkylation sites (tertiary alicyclic amines) is 1. The number of imide groups is 2. The molecule has 10 rings (SSSR count). The number of piperazine rings is 1. The Balaban J connectivity index is 0.649. The van der Waals surface area contributed by atoms with Gasteiger partial charge in [0.05, 0.1) is 23.9 Å². The van der Waals surface area contributed by atoms with E-state index in [1.54, 1.807) is 17.3 Å². The van der Waals surface area contributed by atoms with Gasteiger partial charge in [-0.1, -0.05) is 36.4 Å². The zero-order valence-electron chi connectivity index (χ0n) is 37.3. The number of carbonyl (C=O) groups is 7. The summed E-state index contributed by atoms with van der Waals surface area (Å²) in [6.45, 7) is 3.22. The highest BCUT2D eigenvalue weighted by Crippen LogP contribution is 2.36. The maximum absolute atomic E-state index is 13.4. The lowest BCUT2D eigenvalue weighted by atomic mass is 9.86. The molecule has 1 aliphatic carbocycles. The number of fused-ring (bicyclic) bond motifs is 2. The second-order valence-corrected chi connectivity index (χ2v) is 18.1. The van der Waals surface area contributed by atoms with E-state index in [4.69, 9.17) is 4.74 Å². The van der Waals surface area contributed by atoms with Crippen LogP contribution in [0.15, 0.2) is 85.5 Å². The SMILES string of the molecule is O=C1CCC(N2C(=O)c3cccc(OCC(=O)N4CCC(CC(=O)N5CCN(c6ccc(Nc7ncnc8c7ncn8C7CC(NC(=O)Cc8ccccc8)C7)cc6)CC5)CC4)c3C2=O)C(=O)N1. The molecule has 3 saturated heterocycles. The van der Waals surface area contributed by atoms with E-state index in [-0.39, 0.29) is 72.0 Å². The number of imidazole rings is 1. The molecule has 1 saturated carbocycles. The summed E-state index contributed by atoms with van der Waals surface area (Å²) in [6.07, 6.45) is 7.12. The molecule has 1 unspecified atom stereocenters. The number of aromatic nitrogens is 4. The molecule has 5 aliphatic rings. The van der Waals surface area contributed by atoms with Crippen molar-refractivity contribution in [3.05, 3.63) is 102 Å². The van der Waals surface area contributed by atoms with Gasteiger partial charge >= 0.3 is 0 Å². The zero-order valence-corrected chi connectivity index (χ0v) is 37.3. The van der Waals surface area contributed by atoms with Crippen LogP contribution in [-0.4, -0.2) is 134 Å². The largest absolute Gasteiger partial charge is 0.483 e. The van der Waals surface area contributed by atoms with Crippen LogP contribution >= 0.6 is 0 Å². The molecule has 0 bridgehead atoms. The van der Waals surface area contributed by atoms with Crippen LogP contribution in [0, 0.1) is 5.92 Å². The molecule has 6 heterocycles. The molecule has 19 nitrogen and oxygen atoms in total. The Labute approximate surface area is 391 Å². The van der Waals surface area contributed by atoms with Crippen molar-refractivity contribution >= 4 is 69.7 Å². The van der Waals surface area contributed by atoms with Gasteiger partial charge in [-0.3, -0.25) is 43.8 Å². The summed E-state index contributed by atoms with van der Waals surface area (Å²) < 4.78 is 7.89. The third-order valence-electron chi connectivity index (χ3n) is 13.8. The highest BCUT2D eigenvalue weighted by atomic mass is 16.5. The first-order chi connectivity index (χ1) is 33.1. The number of rotatable bonds is 13. The van der Waals surface area contributed by atoms with Crippen LogP contribution in [-0.2, 0) is 30.4 Å². The maximum atomic E-state index is 13.4. The van der Waals surface area contributed by atoms with Crippen molar-refractivity contribution in [1.82, 2.24) is 44.9 Å². The van der Waals surface area contributed by atoms with Crippen molar-refractivity contribution in [2.75, 3.05) is 56.1 Å². The van der Waals surface area contributed by atoms with E-state index in [2.05, 4.69) is 52.5 Å². The molecule has 350 valence electrons. The quantitative estimate of drug-likeness (QED) is 0.144. The molecule has 5 aromatic rings. The first-order valence-electron chi connectivity index (χ1n) is 23.2.